The predicted molar refractivity (Wildman–Crippen MR) is 83.5 cm³/mol. The molecule has 0 saturated carbocycles. The SMILES string of the molecule is CCCNc1cccc(NC(C)CN(C)C)c1[N+](=O)[O-]. The molecule has 6 heteroatoms. The Morgan fingerprint density at radius 1 is 1.35 bits per heavy atom. The Morgan fingerprint density at radius 2 is 2.00 bits per heavy atom. The molecular weight excluding hydrogens is 256 g/mol. The molecule has 1 atom stereocenters. The van der Waals surface area contributed by atoms with E-state index in [0.717, 1.165) is 19.5 Å². The van der Waals surface area contributed by atoms with Gasteiger partial charge in [-0.25, -0.2) is 0 Å². The van der Waals surface area contributed by atoms with Crippen molar-refractivity contribution in [3.8, 4) is 0 Å². The number of para-hydroxylation sites is 1. The van der Waals surface area contributed by atoms with Crippen molar-refractivity contribution in [3.05, 3.63) is 28.3 Å². The van der Waals surface area contributed by atoms with Crippen LogP contribution in [0.1, 0.15) is 20.3 Å². The number of anilines is 2. The molecule has 1 unspecified atom stereocenters. The first-order valence-electron chi connectivity index (χ1n) is 6.88. The second kappa shape index (κ2) is 7.69. The van der Waals surface area contributed by atoms with Crippen LogP contribution < -0.4 is 10.6 Å². The molecule has 112 valence electrons. The van der Waals surface area contributed by atoms with Gasteiger partial charge in [0.05, 0.1) is 4.92 Å². The second-order valence-corrected chi connectivity index (χ2v) is 5.19. The van der Waals surface area contributed by atoms with Gasteiger partial charge < -0.3 is 15.5 Å². The van der Waals surface area contributed by atoms with Crippen LogP contribution in [0.15, 0.2) is 18.2 Å². The largest absolute Gasteiger partial charge is 0.379 e. The van der Waals surface area contributed by atoms with Gasteiger partial charge in [-0.3, -0.25) is 10.1 Å². The van der Waals surface area contributed by atoms with Crippen molar-refractivity contribution in [3.63, 3.8) is 0 Å². The van der Waals surface area contributed by atoms with Crippen molar-refractivity contribution in [2.45, 2.75) is 26.3 Å². The zero-order valence-electron chi connectivity index (χ0n) is 12.6. The third kappa shape index (κ3) is 4.70. The number of likely N-dealkylation sites (N-methyl/N-ethyl adjacent to an activating group) is 1. The first-order chi connectivity index (χ1) is 9.45. The minimum Gasteiger partial charge on any atom is -0.379 e. The Morgan fingerprint density at radius 3 is 2.55 bits per heavy atom. The van der Waals surface area contributed by atoms with Crippen molar-refractivity contribution in [2.24, 2.45) is 0 Å². The van der Waals surface area contributed by atoms with E-state index >= 15 is 0 Å². The maximum atomic E-state index is 11.3. The lowest BCUT2D eigenvalue weighted by atomic mass is 10.2. The fraction of sp³-hybridized carbons (Fsp3) is 0.571. The lowest BCUT2D eigenvalue weighted by Crippen LogP contribution is -2.29. The van der Waals surface area contributed by atoms with E-state index in [4.69, 9.17) is 0 Å². The Hall–Kier alpha value is -1.82. The van der Waals surface area contributed by atoms with Crippen molar-refractivity contribution in [1.29, 1.82) is 0 Å². The maximum Gasteiger partial charge on any atom is 0.315 e. The minimum atomic E-state index is -0.331. The van der Waals surface area contributed by atoms with E-state index in [0.29, 0.717) is 11.4 Å². The third-order valence-electron chi connectivity index (χ3n) is 2.82. The van der Waals surface area contributed by atoms with Crippen LogP contribution in [-0.4, -0.2) is 43.0 Å². The van der Waals surface area contributed by atoms with Gasteiger partial charge in [0, 0.05) is 19.1 Å². The molecule has 0 aliphatic rings. The molecule has 0 spiro atoms. The van der Waals surface area contributed by atoms with Gasteiger partial charge in [0.25, 0.3) is 0 Å². The van der Waals surface area contributed by atoms with Gasteiger partial charge in [-0.05, 0) is 39.6 Å². The van der Waals surface area contributed by atoms with E-state index in [-0.39, 0.29) is 16.7 Å². The monoisotopic (exact) mass is 280 g/mol. The number of hydrogen-bond donors (Lipinski definition) is 2. The summed E-state index contributed by atoms with van der Waals surface area (Å²) in [6, 6.07) is 5.46. The van der Waals surface area contributed by atoms with E-state index in [9.17, 15) is 10.1 Å². The van der Waals surface area contributed by atoms with Gasteiger partial charge in [0.1, 0.15) is 11.4 Å². The molecule has 0 saturated heterocycles. The van der Waals surface area contributed by atoms with Crippen LogP contribution in [0.25, 0.3) is 0 Å². The summed E-state index contributed by atoms with van der Waals surface area (Å²) in [6.07, 6.45) is 0.922. The Balaban J connectivity index is 2.97. The molecule has 0 fully saturated rings. The number of nitrogens with zero attached hydrogens (tertiary/aromatic N) is 2. The fourth-order valence-corrected chi connectivity index (χ4v) is 2.12. The van der Waals surface area contributed by atoms with E-state index in [2.05, 4.69) is 10.6 Å². The van der Waals surface area contributed by atoms with Gasteiger partial charge in [-0.1, -0.05) is 13.0 Å². The Bertz CT molecular complexity index is 449. The van der Waals surface area contributed by atoms with E-state index < -0.39 is 0 Å². The summed E-state index contributed by atoms with van der Waals surface area (Å²) in [5, 5.41) is 17.6. The first-order valence-corrected chi connectivity index (χ1v) is 6.88. The highest BCUT2D eigenvalue weighted by molar-refractivity contribution is 5.76. The Kier molecular flexibility index (Phi) is 6.24. The molecule has 0 bridgehead atoms. The van der Waals surface area contributed by atoms with Crippen LogP contribution in [0.4, 0.5) is 17.1 Å². The summed E-state index contributed by atoms with van der Waals surface area (Å²) >= 11 is 0. The predicted octanol–water partition coefficient (Wildman–Crippen LogP) is 2.78. The van der Waals surface area contributed by atoms with Gasteiger partial charge in [0.2, 0.25) is 0 Å². The third-order valence-corrected chi connectivity index (χ3v) is 2.82. The highest BCUT2D eigenvalue weighted by Gasteiger charge is 2.20. The number of hydrogen-bond acceptors (Lipinski definition) is 5. The molecule has 0 aromatic heterocycles. The molecule has 1 rings (SSSR count). The Labute approximate surface area is 120 Å². The van der Waals surface area contributed by atoms with E-state index in [1.165, 1.54) is 0 Å². The summed E-state index contributed by atoms with van der Waals surface area (Å²) in [5.41, 5.74) is 1.25. The van der Waals surface area contributed by atoms with Crippen LogP contribution >= 0.6 is 0 Å². The molecular formula is C14H24N4O2. The van der Waals surface area contributed by atoms with Crippen molar-refractivity contribution in [2.75, 3.05) is 37.8 Å². The zero-order chi connectivity index (χ0) is 15.1. The molecule has 0 radical (unpaired) electrons. The summed E-state index contributed by atoms with van der Waals surface area (Å²) in [4.78, 5) is 13.0. The zero-order valence-corrected chi connectivity index (χ0v) is 12.6. The quantitative estimate of drug-likeness (QED) is 0.566. The molecule has 0 aliphatic carbocycles. The molecule has 1 aromatic rings. The number of nitro benzene ring substituents is 1. The second-order valence-electron chi connectivity index (χ2n) is 5.19. The minimum absolute atomic E-state index is 0.117. The standard InChI is InChI=1S/C14H24N4O2/c1-5-9-15-12-7-6-8-13(14(12)18(19)20)16-11(2)10-17(3)4/h6-8,11,15-16H,5,9-10H2,1-4H3. The van der Waals surface area contributed by atoms with Crippen LogP contribution in [-0.2, 0) is 0 Å². The highest BCUT2D eigenvalue weighted by atomic mass is 16.6. The van der Waals surface area contributed by atoms with Crippen molar-refractivity contribution >= 4 is 17.1 Å². The van der Waals surface area contributed by atoms with Gasteiger partial charge in [-0.15, -0.1) is 0 Å². The molecule has 0 heterocycles. The molecule has 1 aromatic carbocycles. The summed E-state index contributed by atoms with van der Waals surface area (Å²) in [7, 11) is 3.96. The number of nitrogens with one attached hydrogen (secondary N) is 2. The lowest BCUT2D eigenvalue weighted by molar-refractivity contribution is -0.383. The topological polar surface area (TPSA) is 70.4 Å². The van der Waals surface area contributed by atoms with E-state index in [1.807, 2.05) is 38.9 Å². The van der Waals surface area contributed by atoms with Crippen LogP contribution in [0.3, 0.4) is 0 Å². The van der Waals surface area contributed by atoms with Gasteiger partial charge in [0.15, 0.2) is 0 Å². The normalized spacial score (nSPS) is 12.2. The van der Waals surface area contributed by atoms with Gasteiger partial charge >= 0.3 is 5.69 Å². The highest BCUT2D eigenvalue weighted by Crippen LogP contribution is 2.33. The maximum absolute atomic E-state index is 11.3. The average Bonchev–Trinajstić information content (AvgIpc) is 2.34. The summed E-state index contributed by atoms with van der Waals surface area (Å²) < 4.78 is 0. The number of benzene rings is 1. The van der Waals surface area contributed by atoms with Crippen LogP contribution in [0, 0.1) is 10.1 Å². The number of rotatable bonds is 8. The van der Waals surface area contributed by atoms with Crippen LogP contribution in [0.5, 0.6) is 0 Å². The smallest absolute Gasteiger partial charge is 0.315 e. The summed E-state index contributed by atoms with van der Waals surface area (Å²) in [6.45, 7) is 5.57. The van der Waals surface area contributed by atoms with Crippen molar-refractivity contribution < 1.29 is 4.92 Å². The number of nitro groups is 1. The first kappa shape index (κ1) is 16.2. The van der Waals surface area contributed by atoms with Gasteiger partial charge in [-0.2, -0.15) is 0 Å². The lowest BCUT2D eigenvalue weighted by Gasteiger charge is -2.20. The molecule has 0 aliphatic heterocycles. The fourth-order valence-electron chi connectivity index (χ4n) is 2.12. The molecule has 2 N–H and O–H groups in total. The molecule has 0 amide bonds. The van der Waals surface area contributed by atoms with Crippen LogP contribution in [0.2, 0.25) is 0 Å². The summed E-state index contributed by atoms with van der Waals surface area (Å²) in [5.74, 6) is 0. The van der Waals surface area contributed by atoms with E-state index in [1.54, 1.807) is 12.1 Å². The average molecular weight is 280 g/mol. The molecule has 6 nitrogen and oxygen atoms in total. The van der Waals surface area contributed by atoms with Crippen molar-refractivity contribution in [1.82, 2.24) is 4.90 Å². The molecule has 20 heavy (non-hydrogen) atoms.